The van der Waals surface area contributed by atoms with Gasteiger partial charge in [0.15, 0.2) is 0 Å². The third-order valence-electron chi connectivity index (χ3n) is 2.97. The van der Waals surface area contributed by atoms with Crippen molar-refractivity contribution in [2.45, 2.75) is 24.5 Å². The van der Waals surface area contributed by atoms with Gasteiger partial charge in [0.25, 0.3) is 0 Å². The Morgan fingerprint density at radius 2 is 1.79 bits per heavy atom. The second-order valence-electron chi connectivity index (χ2n) is 4.56. The Morgan fingerprint density at radius 1 is 1.11 bits per heavy atom. The number of carbonyl (C=O) groups is 1. The standard InChI is InChI=1S/C16H16O2S/c1-11-3-6-13(7-4-11)10-19-14-8-5-12(2)15(9-14)16(17)18/h3-9H,10H2,1-2H3,(H,17,18). The fraction of sp³-hybridized carbons (Fsp3) is 0.188. The molecule has 0 bridgehead atoms. The van der Waals surface area contributed by atoms with Crippen LogP contribution in [-0.2, 0) is 5.75 Å². The van der Waals surface area contributed by atoms with Gasteiger partial charge in [-0.1, -0.05) is 35.9 Å². The van der Waals surface area contributed by atoms with Gasteiger partial charge >= 0.3 is 5.97 Å². The molecule has 2 aromatic rings. The van der Waals surface area contributed by atoms with Gasteiger partial charge in [0, 0.05) is 10.6 Å². The number of hydrogen-bond donors (Lipinski definition) is 1. The van der Waals surface area contributed by atoms with Crippen molar-refractivity contribution in [2.75, 3.05) is 0 Å². The van der Waals surface area contributed by atoms with Gasteiger partial charge in [-0.05, 0) is 37.1 Å². The van der Waals surface area contributed by atoms with Gasteiger partial charge in [0.1, 0.15) is 0 Å². The first kappa shape index (κ1) is 13.7. The Hall–Kier alpha value is -1.74. The lowest BCUT2D eigenvalue weighted by atomic mass is 10.1. The minimum Gasteiger partial charge on any atom is -0.478 e. The predicted molar refractivity (Wildman–Crippen MR) is 78.9 cm³/mol. The van der Waals surface area contributed by atoms with Crippen LogP contribution in [0.3, 0.4) is 0 Å². The Kier molecular flexibility index (Phi) is 4.27. The molecule has 0 aliphatic rings. The van der Waals surface area contributed by atoms with Gasteiger partial charge < -0.3 is 5.11 Å². The minimum atomic E-state index is -0.865. The van der Waals surface area contributed by atoms with Crippen molar-refractivity contribution in [3.05, 3.63) is 64.7 Å². The lowest BCUT2D eigenvalue weighted by Gasteiger charge is -2.06. The van der Waals surface area contributed by atoms with Crippen LogP contribution < -0.4 is 0 Å². The Labute approximate surface area is 117 Å². The molecule has 2 nitrogen and oxygen atoms in total. The van der Waals surface area contributed by atoms with Crippen LogP contribution in [0.2, 0.25) is 0 Å². The van der Waals surface area contributed by atoms with Crippen molar-refractivity contribution in [3.63, 3.8) is 0 Å². The predicted octanol–water partition coefficient (Wildman–Crippen LogP) is 4.29. The van der Waals surface area contributed by atoms with Crippen LogP contribution in [0.1, 0.15) is 27.0 Å². The molecule has 0 unspecified atom stereocenters. The number of rotatable bonds is 4. The molecule has 2 rings (SSSR count). The van der Waals surface area contributed by atoms with Crippen LogP contribution in [0.5, 0.6) is 0 Å². The molecule has 0 atom stereocenters. The summed E-state index contributed by atoms with van der Waals surface area (Å²) in [7, 11) is 0. The van der Waals surface area contributed by atoms with E-state index in [9.17, 15) is 4.79 Å². The van der Waals surface area contributed by atoms with Crippen molar-refractivity contribution in [1.82, 2.24) is 0 Å². The van der Waals surface area contributed by atoms with E-state index in [2.05, 4.69) is 31.2 Å². The minimum absolute atomic E-state index is 0.383. The van der Waals surface area contributed by atoms with Crippen LogP contribution >= 0.6 is 11.8 Å². The topological polar surface area (TPSA) is 37.3 Å². The fourth-order valence-corrected chi connectivity index (χ4v) is 2.66. The zero-order valence-electron chi connectivity index (χ0n) is 11.0. The fourth-order valence-electron chi connectivity index (χ4n) is 1.77. The smallest absolute Gasteiger partial charge is 0.335 e. The first-order chi connectivity index (χ1) is 9.06. The first-order valence-corrected chi connectivity index (χ1v) is 7.07. The summed E-state index contributed by atoms with van der Waals surface area (Å²) < 4.78 is 0. The maximum atomic E-state index is 11.1. The van der Waals surface area contributed by atoms with E-state index in [0.717, 1.165) is 16.2 Å². The van der Waals surface area contributed by atoms with Crippen LogP contribution in [0, 0.1) is 13.8 Å². The molecule has 0 aromatic heterocycles. The molecule has 0 spiro atoms. The van der Waals surface area contributed by atoms with Crippen molar-refractivity contribution in [1.29, 1.82) is 0 Å². The molecule has 2 aromatic carbocycles. The van der Waals surface area contributed by atoms with E-state index >= 15 is 0 Å². The molecule has 0 heterocycles. The highest BCUT2D eigenvalue weighted by atomic mass is 32.2. The molecule has 0 saturated carbocycles. The number of carboxylic acids is 1. The summed E-state index contributed by atoms with van der Waals surface area (Å²) in [4.78, 5) is 12.1. The molecule has 0 aliphatic heterocycles. The van der Waals surface area contributed by atoms with E-state index < -0.39 is 5.97 Å². The lowest BCUT2D eigenvalue weighted by Crippen LogP contribution is -1.99. The maximum Gasteiger partial charge on any atom is 0.335 e. The van der Waals surface area contributed by atoms with E-state index in [4.69, 9.17) is 5.11 Å². The zero-order chi connectivity index (χ0) is 13.8. The molecule has 0 fully saturated rings. The molecule has 98 valence electrons. The monoisotopic (exact) mass is 272 g/mol. The average molecular weight is 272 g/mol. The summed E-state index contributed by atoms with van der Waals surface area (Å²) in [5.74, 6) is -0.0159. The largest absolute Gasteiger partial charge is 0.478 e. The van der Waals surface area contributed by atoms with Crippen LogP contribution in [0.15, 0.2) is 47.4 Å². The van der Waals surface area contributed by atoms with Crippen LogP contribution in [0.25, 0.3) is 0 Å². The molecular formula is C16H16O2S. The normalized spacial score (nSPS) is 10.4. The van der Waals surface area contributed by atoms with Gasteiger partial charge in [-0.15, -0.1) is 11.8 Å². The third-order valence-corrected chi connectivity index (χ3v) is 4.03. The molecule has 0 saturated heterocycles. The van der Waals surface area contributed by atoms with Crippen molar-refractivity contribution >= 4 is 17.7 Å². The van der Waals surface area contributed by atoms with Crippen LogP contribution in [-0.4, -0.2) is 11.1 Å². The lowest BCUT2D eigenvalue weighted by molar-refractivity contribution is 0.0696. The number of carboxylic acid groups (broad SMARTS) is 1. The molecule has 0 aliphatic carbocycles. The molecule has 19 heavy (non-hydrogen) atoms. The SMILES string of the molecule is Cc1ccc(CSc2ccc(C)c(C(=O)O)c2)cc1. The van der Waals surface area contributed by atoms with E-state index in [1.165, 1.54) is 11.1 Å². The summed E-state index contributed by atoms with van der Waals surface area (Å²) in [6, 6.07) is 14.0. The Bertz CT molecular complexity index is 588. The Morgan fingerprint density at radius 3 is 2.42 bits per heavy atom. The van der Waals surface area contributed by atoms with E-state index in [1.54, 1.807) is 17.8 Å². The Balaban J connectivity index is 2.09. The van der Waals surface area contributed by atoms with E-state index in [-0.39, 0.29) is 0 Å². The number of aryl methyl sites for hydroxylation is 2. The van der Waals surface area contributed by atoms with Crippen LogP contribution in [0.4, 0.5) is 0 Å². The summed E-state index contributed by atoms with van der Waals surface area (Å²) in [5, 5.41) is 9.10. The van der Waals surface area contributed by atoms with Gasteiger partial charge in [0.2, 0.25) is 0 Å². The molecule has 0 radical (unpaired) electrons. The van der Waals surface area contributed by atoms with Gasteiger partial charge in [-0.2, -0.15) is 0 Å². The summed E-state index contributed by atoms with van der Waals surface area (Å²) in [5.41, 5.74) is 3.67. The average Bonchev–Trinajstić information content (AvgIpc) is 2.39. The second-order valence-corrected chi connectivity index (χ2v) is 5.60. The van der Waals surface area contributed by atoms with Gasteiger partial charge in [0.05, 0.1) is 5.56 Å². The molecule has 3 heteroatoms. The van der Waals surface area contributed by atoms with Gasteiger partial charge in [-0.3, -0.25) is 0 Å². The number of benzene rings is 2. The highest BCUT2D eigenvalue weighted by Gasteiger charge is 2.08. The number of hydrogen-bond acceptors (Lipinski definition) is 2. The zero-order valence-corrected chi connectivity index (χ0v) is 11.8. The third kappa shape index (κ3) is 3.61. The molecule has 0 amide bonds. The first-order valence-electron chi connectivity index (χ1n) is 6.08. The summed E-state index contributed by atoms with van der Waals surface area (Å²) in [6.45, 7) is 3.88. The number of aromatic carboxylic acids is 1. The van der Waals surface area contributed by atoms with Crippen molar-refractivity contribution in [2.24, 2.45) is 0 Å². The second kappa shape index (κ2) is 5.93. The summed E-state index contributed by atoms with van der Waals surface area (Å²) in [6.07, 6.45) is 0. The molecular weight excluding hydrogens is 256 g/mol. The quantitative estimate of drug-likeness (QED) is 0.843. The highest BCUT2D eigenvalue weighted by molar-refractivity contribution is 7.98. The summed E-state index contributed by atoms with van der Waals surface area (Å²) >= 11 is 1.66. The highest BCUT2D eigenvalue weighted by Crippen LogP contribution is 2.25. The van der Waals surface area contributed by atoms with Gasteiger partial charge in [-0.25, -0.2) is 4.79 Å². The van der Waals surface area contributed by atoms with E-state index in [1.807, 2.05) is 19.1 Å². The van der Waals surface area contributed by atoms with E-state index in [0.29, 0.717) is 5.56 Å². The van der Waals surface area contributed by atoms with Crippen molar-refractivity contribution in [3.8, 4) is 0 Å². The number of thioether (sulfide) groups is 1. The molecule has 1 N–H and O–H groups in total. The van der Waals surface area contributed by atoms with Crippen molar-refractivity contribution < 1.29 is 9.90 Å². The maximum absolute atomic E-state index is 11.1.